The molecule has 0 saturated carbocycles. The Bertz CT molecular complexity index is 114. The van der Waals surface area contributed by atoms with E-state index >= 15 is 0 Å². The lowest BCUT2D eigenvalue weighted by atomic mass is 10.6. The smallest absolute Gasteiger partial charge is 0.276 e. The molecule has 0 saturated heterocycles. The predicted octanol–water partition coefficient (Wildman–Crippen LogP) is 0.220. The summed E-state index contributed by atoms with van der Waals surface area (Å²) in [5.74, 6) is -1.01. The van der Waals surface area contributed by atoms with E-state index in [1.54, 1.807) is 0 Å². The third-order valence-corrected chi connectivity index (χ3v) is 0.423. The fourth-order valence-corrected chi connectivity index (χ4v) is 0.156. The molecule has 0 bridgehead atoms. The van der Waals surface area contributed by atoms with Crippen molar-refractivity contribution in [1.29, 1.82) is 0 Å². The van der Waals surface area contributed by atoms with Gasteiger partial charge in [0.05, 0.1) is 6.08 Å². The van der Waals surface area contributed by atoms with Gasteiger partial charge >= 0.3 is 0 Å². The summed E-state index contributed by atoms with van der Waals surface area (Å²) in [6, 6.07) is 0. The van der Waals surface area contributed by atoms with Gasteiger partial charge in [0.25, 0.3) is 5.95 Å². The maximum absolute atomic E-state index is 9.44. The summed E-state index contributed by atoms with van der Waals surface area (Å²) in [5.41, 5.74) is 0. The van der Waals surface area contributed by atoms with Crippen LogP contribution in [0, 0.1) is 10.1 Å². The molecule has 2 N–H and O–H groups in total. The largest absolute Gasteiger partial charge is 0.481 e. The molecule has 0 aliphatic heterocycles. The SMILES string of the molecule is O=[N+]([O-])CC=C(O)O. The highest BCUT2D eigenvalue weighted by atomic mass is 16.6. The number of hydrogen-bond donors (Lipinski definition) is 2. The zero-order valence-electron chi connectivity index (χ0n) is 3.94. The van der Waals surface area contributed by atoms with Crippen LogP contribution in [-0.4, -0.2) is 21.7 Å². The van der Waals surface area contributed by atoms with Gasteiger partial charge in [0.2, 0.25) is 6.54 Å². The van der Waals surface area contributed by atoms with Crippen LogP contribution >= 0.6 is 0 Å². The van der Waals surface area contributed by atoms with Crippen LogP contribution in [0.25, 0.3) is 0 Å². The van der Waals surface area contributed by atoms with Crippen LogP contribution in [0.3, 0.4) is 0 Å². The first kappa shape index (κ1) is 6.74. The zero-order chi connectivity index (χ0) is 6.57. The predicted molar refractivity (Wildman–Crippen MR) is 25.2 cm³/mol. The molecule has 0 fully saturated rings. The van der Waals surface area contributed by atoms with Crippen molar-refractivity contribution >= 4 is 0 Å². The minimum atomic E-state index is -1.01. The second-order valence-corrected chi connectivity index (χ2v) is 1.08. The molecule has 5 heteroatoms. The van der Waals surface area contributed by atoms with E-state index in [2.05, 4.69) is 0 Å². The minimum Gasteiger partial charge on any atom is -0.481 e. The highest BCUT2D eigenvalue weighted by Crippen LogP contribution is 1.78. The Kier molecular flexibility index (Phi) is 2.39. The van der Waals surface area contributed by atoms with Crippen LogP contribution in [0.15, 0.2) is 12.0 Å². The van der Waals surface area contributed by atoms with Gasteiger partial charge < -0.3 is 10.2 Å². The van der Waals surface area contributed by atoms with Gasteiger partial charge in [-0.1, -0.05) is 0 Å². The van der Waals surface area contributed by atoms with E-state index in [0.29, 0.717) is 6.08 Å². The van der Waals surface area contributed by atoms with Crippen LogP contribution in [-0.2, 0) is 0 Å². The molecule has 0 radical (unpaired) electrons. The molecule has 0 aliphatic rings. The fourth-order valence-electron chi connectivity index (χ4n) is 0.156. The molecule has 8 heavy (non-hydrogen) atoms. The van der Waals surface area contributed by atoms with Crippen molar-refractivity contribution in [3.05, 3.63) is 22.1 Å². The Balaban J connectivity index is 3.45. The van der Waals surface area contributed by atoms with Crippen molar-refractivity contribution in [3.63, 3.8) is 0 Å². The van der Waals surface area contributed by atoms with E-state index in [4.69, 9.17) is 10.2 Å². The molecule has 5 nitrogen and oxygen atoms in total. The third kappa shape index (κ3) is 4.74. The highest BCUT2D eigenvalue weighted by Gasteiger charge is 1.91. The van der Waals surface area contributed by atoms with Crippen molar-refractivity contribution in [1.82, 2.24) is 0 Å². The molecule has 0 rings (SSSR count). The summed E-state index contributed by atoms with van der Waals surface area (Å²) in [5, 5.41) is 25.3. The van der Waals surface area contributed by atoms with Crippen molar-refractivity contribution in [2.45, 2.75) is 0 Å². The van der Waals surface area contributed by atoms with Gasteiger partial charge in [0, 0.05) is 4.92 Å². The average molecular weight is 119 g/mol. The standard InChI is InChI=1S/C3H5NO4/c5-3(6)1-2-4(7)8/h1,5-6H,2H2. The second-order valence-electron chi connectivity index (χ2n) is 1.08. The molecule has 46 valence electrons. The lowest BCUT2D eigenvalue weighted by molar-refractivity contribution is -0.468. The lowest BCUT2D eigenvalue weighted by Crippen LogP contribution is -1.97. The first-order valence-corrected chi connectivity index (χ1v) is 1.83. The molecule has 0 unspecified atom stereocenters. The maximum atomic E-state index is 9.44. The van der Waals surface area contributed by atoms with E-state index in [-0.39, 0.29) is 0 Å². The van der Waals surface area contributed by atoms with Gasteiger partial charge in [-0.2, -0.15) is 0 Å². The zero-order valence-corrected chi connectivity index (χ0v) is 3.94. The number of rotatable bonds is 2. The number of nitrogens with zero attached hydrogens (tertiary/aromatic N) is 1. The molecule has 0 aromatic heterocycles. The van der Waals surface area contributed by atoms with Crippen molar-refractivity contribution < 1.29 is 15.1 Å². The van der Waals surface area contributed by atoms with Crippen LogP contribution in [0.1, 0.15) is 0 Å². The van der Waals surface area contributed by atoms with Crippen LogP contribution < -0.4 is 0 Å². The summed E-state index contributed by atoms with van der Waals surface area (Å²) in [7, 11) is 0. The molecule has 0 aromatic carbocycles. The van der Waals surface area contributed by atoms with Crippen molar-refractivity contribution in [3.8, 4) is 0 Å². The summed E-state index contributed by atoms with van der Waals surface area (Å²) in [6.45, 7) is -0.553. The Morgan fingerprint density at radius 2 is 2.25 bits per heavy atom. The van der Waals surface area contributed by atoms with E-state index in [1.165, 1.54) is 0 Å². The molecule has 0 heterocycles. The van der Waals surface area contributed by atoms with Gasteiger partial charge in [-0.05, 0) is 0 Å². The average Bonchev–Trinajstić information content (AvgIpc) is 1.61. The van der Waals surface area contributed by atoms with Crippen LogP contribution in [0.2, 0.25) is 0 Å². The van der Waals surface area contributed by atoms with Crippen LogP contribution in [0.5, 0.6) is 0 Å². The summed E-state index contributed by atoms with van der Waals surface area (Å²) < 4.78 is 0. The number of nitro groups is 1. The van der Waals surface area contributed by atoms with Gasteiger partial charge in [-0.25, -0.2) is 0 Å². The minimum absolute atomic E-state index is 0.553. The van der Waals surface area contributed by atoms with Gasteiger partial charge in [-0.3, -0.25) is 10.1 Å². The molecule has 0 aromatic rings. The first-order valence-electron chi connectivity index (χ1n) is 1.83. The Morgan fingerprint density at radius 3 is 2.38 bits per heavy atom. The molecule has 0 amide bonds. The highest BCUT2D eigenvalue weighted by molar-refractivity contribution is 4.77. The van der Waals surface area contributed by atoms with Gasteiger partial charge in [0.15, 0.2) is 0 Å². The van der Waals surface area contributed by atoms with E-state index in [0.717, 1.165) is 0 Å². The van der Waals surface area contributed by atoms with E-state index in [1.807, 2.05) is 0 Å². The maximum Gasteiger partial charge on any atom is 0.276 e. The molecular weight excluding hydrogens is 114 g/mol. The summed E-state index contributed by atoms with van der Waals surface area (Å²) >= 11 is 0. The normalized spacial score (nSPS) is 8.00. The van der Waals surface area contributed by atoms with Gasteiger partial charge in [0.1, 0.15) is 0 Å². The number of aliphatic hydroxyl groups is 2. The van der Waals surface area contributed by atoms with Crippen LogP contribution in [0.4, 0.5) is 0 Å². The summed E-state index contributed by atoms with van der Waals surface area (Å²) in [4.78, 5) is 8.77. The molecule has 0 atom stereocenters. The second kappa shape index (κ2) is 2.84. The third-order valence-electron chi connectivity index (χ3n) is 0.423. The van der Waals surface area contributed by atoms with Gasteiger partial charge in [-0.15, -0.1) is 0 Å². The first-order chi connectivity index (χ1) is 3.63. The Labute approximate surface area is 45.0 Å². The Hall–Kier alpha value is -1.26. The topological polar surface area (TPSA) is 83.6 Å². The Morgan fingerprint density at radius 1 is 1.75 bits per heavy atom. The van der Waals surface area contributed by atoms with E-state index < -0.39 is 17.4 Å². The monoisotopic (exact) mass is 119 g/mol. The quantitative estimate of drug-likeness (QED) is 0.309. The molecule has 0 spiro atoms. The van der Waals surface area contributed by atoms with Crippen molar-refractivity contribution in [2.24, 2.45) is 0 Å². The molecule has 0 aliphatic carbocycles. The summed E-state index contributed by atoms with van der Waals surface area (Å²) in [6.07, 6.45) is 0.694. The van der Waals surface area contributed by atoms with Crippen molar-refractivity contribution in [2.75, 3.05) is 6.54 Å². The molecular formula is C3H5NO4. The lowest BCUT2D eigenvalue weighted by Gasteiger charge is -1.82. The fraction of sp³-hybridized carbons (Fsp3) is 0.333. The number of hydrogen-bond acceptors (Lipinski definition) is 4. The van der Waals surface area contributed by atoms with E-state index in [9.17, 15) is 10.1 Å². The number of aliphatic hydroxyl groups excluding tert-OH is 1.